The van der Waals surface area contributed by atoms with Crippen LogP contribution < -0.4 is 4.72 Å². The fraction of sp³-hybridized carbons (Fsp3) is 0.533. The first kappa shape index (κ1) is 16.9. The summed E-state index contributed by atoms with van der Waals surface area (Å²) in [6, 6.07) is 5.82. The molecule has 0 aromatic heterocycles. The lowest BCUT2D eigenvalue weighted by Gasteiger charge is -2.30. The van der Waals surface area contributed by atoms with Crippen molar-refractivity contribution in [2.75, 3.05) is 26.3 Å². The number of hydrogen-bond donors (Lipinski definition) is 1. The number of carbonyl (C=O) groups excluding carboxylic acids is 1. The number of nitrogens with one attached hydrogen (secondary N) is 1. The molecule has 2 rings (SSSR count). The number of amides is 1. The molecule has 122 valence electrons. The lowest BCUT2D eigenvalue weighted by Crippen LogP contribution is -2.51. The minimum atomic E-state index is -3.70. The maximum atomic E-state index is 12.4. The summed E-state index contributed by atoms with van der Waals surface area (Å²) in [7, 11) is -3.70. The lowest BCUT2D eigenvalue weighted by atomic mass is 10.2. The van der Waals surface area contributed by atoms with Crippen molar-refractivity contribution in [2.24, 2.45) is 0 Å². The van der Waals surface area contributed by atoms with E-state index in [9.17, 15) is 13.2 Å². The Morgan fingerprint density at radius 3 is 2.41 bits per heavy atom. The molecule has 0 spiro atoms. The summed E-state index contributed by atoms with van der Waals surface area (Å²) >= 11 is 0. The van der Waals surface area contributed by atoms with Crippen molar-refractivity contribution in [3.8, 4) is 0 Å². The zero-order valence-corrected chi connectivity index (χ0v) is 13.7. The Kier molecular flexibility index (Phi) is 5.55. The predicted molar refractivity (Wildman–Crippen MR) is 83.0 cm³/mol. The molecule has 1 aromatic carbocycles. The number of hydrogen-bond acceptors (Lipinski definition) is 4. The highest BCUT2D eigenvalue weighted by Crippen LogP contribution is 2.12. The van der Waals surface area contributed by atoms with Crippen molar-refractivity contribution >= 4 is 15.9 Å². The Balaban J connectivity index is 2.11. The van der Waals surface area contributed by atoms with Gasteiger partial charge in [-0.3, -0.25) is 4.79 Å². The van der Waals surface area contributed by atoms with E-state index in [0.717, 1.165) is 5.56 Å². The monoisotopic (exact) mass is 326 g/mol. The van der Waals surface area contributed by atoms with Gasteiger partial charge in [0.2, 0.25) is 15.9 Å². The van der Waals surface area contributed by atoms with Gasteiger partial charge < -0.3 is 9.64 Å². The van der Waals surface area contributed by atoms with Gasteiger partial charge in [-0.1, -0.05) is 24.6 Å². The molecule has 7 heteroatoms. The van der Waals surface area contributed by atoms with Crippen LogP contribution in [-0.4, -0.2) is 51.6 Å². The van der Waals surface area contributed by atoms with E-state index in [1.54, 1.807) is 36.1 Å². The zero-order chi connectivity index (χ0) is 16.2. The number of morpholine rings is 1. The number of rotatable bonds is 5. The molecule has 0 radical (unpaired) electrons. The maximum Gasteiger partial charge on any atom is 0.241 e. The van der Waals surface area contributed by atoms with E-state index in [2.05, 4.69) is 4.72 Å². The summed E-state index contributed by atoms with van der Waals surface area (Å²) in [5.74, 6) is -0.193. The summed E-state index contributed by atoms with van der Waals surface area (Å²) in [4.78, 5) is 14.3. The van der Waals surface area contributed by atoms with Crippen LogP contribution in [0.4, 0.5) is 0 Å². The average Bonchev–Trinajstić information content (AvgIpc) is 2.53. The Labute approximate surface area is 131 Å². The summed E-state index contributed by atoms with van der Waals surface area (Å²) in [5, 5.41) is 0. The van der Waals surface area contributed by atoms with E-state index >= 15 is 0 Å². The molecule has 0 saturated carbocycles. The largest absolute Gasteiger partial charge is 0.378 e. The number of aryl methyl sites for hydroxylation is 1. The Morgan fingerprint density at radius 1 is 1.27 bits per heavy atom. The molecule has 1 N–H and O–H groups in total. The summed E-state index contributed by atoms with van der Waals surface area (Å²) < 4.78 is 32.5. The quantitative estimate of drug-likeness (QED) is 0.873. The molecule has 1 saturated heterocycles. The highest BCUT2D eigenvalue weighted by atomic mass is 32.2. The Morgan fingerprint density at radius 2 is 1.86 bits per heavy atom. The minimum absolute atomic E-state index is 0.173. The van der Waals surface area contributed by atoms with Gasteiger partial charge in [-0.15, -0.1) is 0 Å². The average molecular weight is 326 g/mol. The molecule has 1 amide bonds. The second-order valence-electron chi connectivity index (χ2n) is 5.33. The van der Waals surface area contributed by atoms with Crippen molar-refractivity contribution < 1.29 is 17.9 Å². The third kappa shape index (κ3) is 4.06. The maximum absolute atomic E-state index is 12.4. The number of carbonyl (C=O) groups is 1. The van der Waals surface area contributed by atoms with Crippen LogP contribution in [0, 0.1) is 6.92 Å². The lowest BCUT2D eigenvalue weighted by molar-refractivity contribution is -0.137. The van der Waals surface area contributed by atoms with E-state index in [0.29, 0.717) is 32.7 Å². The third-order valence-electron chi connectivity index (χ3n) is 3.66. The molecule has 1 aliphatic rings. The molecular formula is C15H22N2O4S. The number of benzene rings is 1. The van der Waals surface area contributed by atoms with Gasteiger partial charge in [-0.2, -0.15) is 4.72 Å². The normalized spacial score (nSPS) is 17.3. The predicted octanol–water partition coefficient (Wildman–Crippen LogP) is 0.911. The van der Waals surface area contributed by atoms with Crippen molar-refractivity contribution in [3.05, 3.63) is 29.8 Å². The van der Waals surface area contributed by atoms with Crippen LogP contribution in [-0.2, 0) is 19.6 Å². The molecule has 0 unspecified atom stereocenters. The van der Waals surface area contributed by atoms with Crippen molar-refractivity contribution in [2.45, 2.75) is 31.2 Å². The van der Waals surface area contributed by atoms with Crippen LogP contribution in [0.25, 0.3) is 0 Å². The zero-order valence-electron chi connectivity index (χ0n) is 12.9. The first-order valence-corrected chi connectivity index (χ1v) is 8.88. The Bertz CT molecular complexity index is 607. The first-order chi connectivity index (χ1) is 10.4. The summed E-state index contributed by atoms with van der Waals surface area (Å²) in [6.07, 6.45) is 0.404. The molecule has 1 aliphatic heterocycles. The van der Waals surface area contributed by atoms with Crippen LogP contribution in [0.5, 0.6) is 0 Å². The van der Waals surface area contributed by atoms with E-state index < -0.39 is 16.1 Å². The van der Waals surface area contributed by atoms with E-state index in [4.69, 9.17) is 4.74 Å². The van der Waals surface area contributed by atoms with Crippen LogP contribution in [0.15, 0.2) is 29.2 Å². The molecule has 0 bridgehead atoms. The molecule has 0 aliphatic carbocycles. The summed E-state index contributed by atoms with van der Waals surface area (Å²) in [6.45, 7) is 5.67. The second-order valence-corrected chi connectivity index (χ2v) is 7.05. The smallest absolute Gasteiger partial charge is 0.241 e. The molecule has 1 atom stereocenters. The van der Waals surface area contributed by atoms with Crippen LogP contribution in [0.3, 0.4) is 0 Å². The first-order valence-electron chi connectivity index (χ1n) is 7.39. The van der Waals surface area contributed by atoms with Gasteiger partial charge >= 0.3 is 0 Å². The molecule has 1 fully saturated rings. The van der Waals surface area contributed by atoms with Crippen LogP contribution in [0.2, 0.25) is 0 Å². The second kappa shape index (κ2) is 7.21. The molecular weight excluding hydrogens is 304 g/mol. The van der Waals surface area contributed by atoms with Gasteiger partial charge in [0.25, 0.3) is 0 Å². The third-order valence-corrected chi connectivity index (χ3v) is 5.15. The fourth-order valence-corrected chi connectivity index (χ4v) is 3.56. The van der Waals surface area contributed by atoms with Crippen LogP contribution in [0.1, 0.15) is 18.9 Å². The highest BCUT2D eigenvalue weighted by molar-refractivity contribution is 7.89. The van der Waals surface area contributed by atoms with Gasteiger partial charge in [-0.25, -0.2) is 8.42 Å². The molecule has 1 aromatic rings. The molecule has 1 heterocycles. The minimum Gasteiger partial charge on any atom is -0.378 e. The molecule has 22 heavy (non-hydrogen) atoms. The van der Waals surface area contributed by atoms with Gasteiger partial charge in [0.1, 0.15) is 6.04 Å². The van der Waals surface area contributed by atoms with E-state index in [1.807, 2.05) is 6.92 Å². The van der Waals surface area contributed by atoms with Gasteiger partial charge in [0.05, 0.1) is 18.1 Å². The molecule has 6 nitrogen and oxygen atoms in total. The number of sulfonamides is 1. The van der Waals surface area contributed by atoms with E-state index in [1.165, 1.54) is 0 Å². The van der Waals surface area contributed by atoms with Gasteiger partial charge in [-0.05, 0) is 25.5 Å². The van der Waals surface area contributed by atoms with Crippen LogP contribution >= 0.6 is 0 Å². The number of nitrogens with zero attached hydrogens (tertiary/aromatic N) is 1. The SMILES string of the molecule is CC[C@H](NS(=O)(=O)c1ccc(C)cc1)C(=O)N1CCOCC1. The number of ether oxygens (including phenoxy) is 1. The Hall–Kier alpha value is -1.44. The van der Waals surface area contributed by atoms with Crippen molar-refractivity contribution in [1.82, 2.24) is 9.62 Å². The van der Waals surface area contributed by atoms with E-state index in [-0.39, 0.29) is 10.8 Å². The van der Waals surface area contributed by atoms with Crippen molar-refractivity contribution in [3.63, 3.8) is 0 Å². The van der Waals surface area contributed by atoms with Crippen molar-refractivity contribution in [1.29, 1.82) is 0 Å². The highest BCUT2D eigenvalue weighted by Gasteiger charge is 2.28. The fourth-order valence-electron chi connectivity index (χ4n) is 2.29. The van der Waals surface area contributed by atoms with Gasteiger partial charge in [0.15, 0.2) is 0 Å². The standard InChI is InChI=1S/C15H22N2O4S/c1-3-14(15(18)17-8-10-21-11-9-17)16-22(19,20)13-6-4-12(2)5-7-13/h4-7,14,16H,3,8-11H2,1-2H3/t14-/m0/s1. The summed E-state index contributed by atoms with van der Waals surface area (Å²) in [5.41, 5.74) is 0.982. The topological polar surface area (TPSA) is 75.7 Å². The van der Waals surface area contributed by atoms with Gasteiger partial charge in [0, 0.05) is 13.1 Å².